The van der Waals surface area contributed by atoms with E-state index < -0.39 is 0 Å². The molecule has 0 nitrogen and oxygen atoms in total. The topological polar surface area (TPSA) is 0 Å². The van der Waals surface area contributed by atoms with Crippen molar-refractivity contribution in [2.75, 3.05) is 12.3 Å². The molecule has 1 unspecified atom stereocenters. The maximum absolute atomic E-state index is 5.20. The van der Waals surface area contributed by atoms with Gasteiger partial charge in [-0.05, 0) is 6.66 Å². The fourth-order valence-electron chi connectivity index (χ4n) is 0. The molecule has 0 spiro atoms. The zero-order valence-electron chi connectivity index (χ0n) is 2.59. The summed E-state index contributed by atoms with van der Waals surface area (Å²) in [6.45, 7) is 2.08. The van der Waals surface area contributed by atoms with Gasteiger partial charge in [0, 0.05) is 5.62 Å². The van der Waals surface area contributed by atoms with Gasteiger partial charge in [0.15, 0.2) is 0 Å². The molecule has 0 aliphatic rings. The third-order valence-corrected chi connectivity index (χ3v) is 1.20. The minimum Gasteiger partial charge on any atom is -0.122 e. The highest BCUT2D eigenvalue weighted by molar-refractivity contribution is 7.39. The lowest BCUT2D eigenvalue weighted by Crippen LogP contribution is -1.39. The molecule has 0 saturated heterocycles. The van der Waals surface area contributed by atoms with Gasteiger partial charge in [0.05, 0.1) is 0 Å². The monoisotopic (exact) mass is 96.0 g/mol. The molecule has 0 saturated carbocycles. The predicted molar refractivity (Wildman–Crippen MR) is 25.0 cm³/mol. The normalized spacial score (nSPS) is 10.5. The summed E-state index contributed by atoms with van der Waals surface area (Å²) in [4.78, 5) is 0. The van der Waals surface area contributed by atoms with Gasteiger partial charge in [0.25, 0.3) is 0 Å². The SMILES string of the molecule is CPCCl. The maximum atomic E-state index is 5.20. The molecule has 0 bridgehead atoms. The summed E-state index contributed by atoms with van der Waals surface area (Å²) in [5, 5.41) is 0. The van der Waals surface area contributed by atoms with Crippen molar-refractivity contribution in [3.05, 3.63) is 0 Å². The summed E-state index contributed by atoms with van der Waals surface area (Å²) in [6, 6.07) is 0. The van der Waals surface area contributed by atoms with E-state index in [-0.39, 0.29) is 0 Å². The van der Waals surface area contributed by atoms with Crippen LogP contribution in [0.2, 0.25) is 0 Å². The molecule has 1 atom stereocenters. The molecule has 4 heavy (non-hydrogen) atoms. The first-order valence-electron chi connectivity index (χ1n) is 1.12. The molecular weight excluding hydrogens is 90.4 g/mol. The van der Waals surface area contributed by atoms with Crippen molar-refractivity contribution < 1.29 is 0 Å². The molecule has 0 aromatic carbocycles. The van der Waals surface area contributed by atoms with Gasteiger partial charge in [0.2, 0.25) is 0 Å². The molecule has 0 aliphatic carbocycles. The Hall–Kier alpha value is 0.720. The summed E-state index contributed by atoms with van der Waals surface area (Å²) in [5.74, 6) is 0. The van der Waals surface area contributed by atoms with Crippen molar-refractivity contribution in [2.24, 2.45) is 0 Å². The van der Waals surface area contributed by atoms with Crippen LogP contribution < -0.4 is 0 Å². The minimum atomic E-state index is 0.819. The Bertz CT molecular complexity index is 8.00. The fraction of sp³-hybridized carbons (Fsp3) is 1.00. The van der Waals surface area contributed by atoms with Crippen LogP contribution >= 0.6 is 20.2 Å². The van der Waals surface area contributed by atoms with Gasteiger partial charge in [-0.25, -0.2) is 0 Å². The van der Waals surface area contributed by atoms with E-state index in [1.807, 2.05) is 0 Å². The van der Waals surface area contributed by atoms with Crippen molar-refractivity contribution >= 4 is 20.2 Å². The van der Waals surface area contributed by atoms with Crippen molar-refractivity contribution in [1.29, 1.82) is 0 Å². The van der Waals surface area contributed by atoms with Crippen LogP contribution in [0.15, 0.2) is 0 Å². The van der Waals surface area contributed by atoms with E-state index in [2.05, 4.69) is 6.66 Å². The zero-order chi connectivity index (χ0) is 3.41. The van der Waals surface area contributed by atoms with Gasteiger partial charge in [-0.1, -0.05) is 0 Å². The molecule has 0 amide bonds. The average molecular weight is 96.5 g/mol. The van der Waals surface area contributed by atoms with E-state index in [9.17, 15) is 0 Å². The summed E-state index contributed by atoms with van der Waals surface area (Å²) in [6.07, 6.45) is 0. The molecule has 0 fully saturated rings. The van der Waals surface area contributed by atoms with Crippen LogP contribution in [-0.4, -0.2) is 12.3 Å². The molecule has 0 N–H and O–H groups in total. The van der Waals surface area contributed by atoms with Crippen LogP contribution in [0.4, 0.5) is 0 Å². The van der Waals surface area contributed by atoms with Crippen LogP contribution in [0, 0.1) is 0 Å². The molecule has 0 aliphatic heterocycles. The molecule has 2 heteroatoms. The second-order valence-corrected chi connectivity index (χ2v) is 2.26. The van der Waals surface area contributed by atoms with Crippen molar-refractivity contribution in [2.45, 2.75) is 0 Å². The largest absolute Gasteiger partial charge is 0.122 e. The lowest BCUT2D eigenvalue weighted by molar-refractivity contribution is 2.16. The molecule has 0 rings (SSSR count). The predicted octanol–water partition coefficient (Wildman–Crippen LogP) is 1.49. The number of rotatable bonds is 1. The summed E-state index contributed by atoms with van der Waals surface area (Å²) < 4.78 is 0. The Morgan fingerprint density at radius 2 is 2.25 bits per heavy atom. The standard InChI is InChI=1S/C2H6ClP/c1-4-2-3/h4H,2H2,1H3. The van der Waals surface area contributed by atoms with Crippen molar-refractivity contribution in [1.82, 2.24) is 0 Å². The van der Waals surface area contributed by atoms with Gasteiger partial charge in [0.1, 0.15) is 0 Å². The number of hydrogen-bond donors (Lipinski definition) is 0. The van der Waals surface area contributed by atoms with E-state index >= 15 is 0 Å². The zero-order valence-corrected chi connectivity index (χ0v) is 4.34. The first kappa shape index (κ1) is 4.72. The van der Waals surface area contributed by atoms with Crippen LogP contribution in [-0.2, 0) is 0 Å². The Labute approximate surface area is 33.3 Å². The van der Waals surface area contributed by atoms with Crippen molar-refractivity contribution in [3.63, 3.8) is 0 Å². The fourth-order valence-corrected chi connectivity index (χ4v) is 0. The van der Waals surface area contributed by atoms with Gasteiger partial charge < -0.3 is 0 Å². The number of hydrogen-bond acceptors (Lipinski definition) is 0. The summed E-state index contributed by atoms with van der Waals surface area (Å²) in [7, 11) is 0.906. The van der Waals surface area contributed by atoms with E-state index in [4.69, 9.17) is 11.6 Å². The molecule has 26 valence electrons. The van der Waals surface area contributed by atoms with E-state index in [0.29, 0.717) is 0 Å². The minimum absolute atomic E-state index is 0.819. The highest BCUT2D eigenvalue weighted by Gasteiger charge is 1.57. The van der Waals surface area contributed by atoms with E-state index in [1.54, 1.807) is 0 Å². The molecule has 0 aromatic rings. The molecular formula is C2H6ClP. The van der Waals surface area contributed by atoms with Crippen LogP contribution in [0.25, 0.3) is 0 Å². The highest BCUT2D eigenvalue weighted by Crippen LogP contribution is 2.01. The number of alkyl halides is 1. The van der Waals surface area contributed by atoms with E-state index in [1.165, 1.54) is 0 Å². The van der Waals surface area contributed by atoms with Gasteiger partial charge in [-0.3, -0.25) is 0 Å². The van der Waals surface area contributed by atoms with E-state index in [0.717, 1.165) is 14.2 Å². The molecule has 0 aromatic heterocycles. The second kappa shape index (κ2) is 3.72. The van der Waals surface area contributed by atoms with Crippen LogP contribution in [0.1, 0.15) is 0 Å². The average Bonchev–Trinajstić information content (AvgIpc) is 1.37. The summed E-state index contributed by atoms with van der Waals surface area (Å²) in [5.41, 5.74) is 0.819. The molecule has 0 radical (unpaired) electrons. The Balaban J connectivity index is 1.97. The Morgan fingerprint density at radius 3 is 2.25 bits per heavy atom. The van der Waals surface area contributed by atoms with Gasteiger partial charge >= 0.3 is 0 Å². The number of halogens is 1. The lowest BCUT2D eigenvalue weighted by Gasteiger charge is -1.67. The maximum Gasteiger partial charge on any atom is 0.0392 e. The first-order valence-corrected chi connectivity index (χ1v) is 3.36. The quantitative estimate of drug-likeness (QED) is 0.343. The second-order valence-electron chi connectivity index (χ2n) is 0.487. The third kappa shape index (κ3) is 2.72. The first-order chi connectivity index (χ1) is 1.91. The lowest BCUT2D eigenvalue weighted by atomic mass is 11.9. The highest BCUT2D eigenvalue weighted by atomic mass is 35.5. The van der Waals surface area contributed by atoms with Crippen molar-refractivity contribution in [3.8, 4) is 0 Å². The van der Waals surface area contributed by atoms with Crippen LogP contribution in [0.5, 0.6) is 0 Å². The molecule has 0 heterocycles. The smallest absolute Gasteiger partial charge is 0.0392 e. The Kier molecular flexibility index (Phi) is 4.39. The summed E-state index contributed by atoms with van der Waals surface area (Å²) >= 11 is 5.20. The van der Waals surface area contributed by atoms with Gasteiger partial charge in [-0.15, -0.1) is 20.2 Å². The Morgan fingerprint density at radius 1 is 2.00 bits per heavy atom. The van der Waals surface area contributed by atoms with Gasteiger partial charge in [-0.2, -0.15) is 0 Å². The van der Waals surface area contributed by atoms with Crippen LogP contribution in [0.3, 0.4) is 0 Å². The third-order valence-electron chi connectivity index (χ3n) is 0.134.